The number of hydrogen-bond acceptors (Lipinski definition) is 1. The van der Waals surface area contributed by atoms with E-state index in [1.165, 1.54) is 5.57 Å². The van der Waals surface area contributed by atoms with E-state index in [0.717, 1.165) is 26.1 Å². The van der Waals surface area contributed by atoms with Crippen LogP contribution in [0.4, 0.5) is 0 Å². The summed E-state index contributed by atoms with van der Waals surface area (Å²) in [6, 6.07) is 0. The fraction of sp³-hybridized carbons (Fsp3) is 0.778. The van der Waals surface area contributed by atoms with Gasteiger partial charge < -0.3 is 0 Å². The van der Waals surface area contributed by atoms with E-state index in [0.29, 0.717) is 0 Å². The van der Waals surface area contributed by atoms with Crippen molar-refractivity contribution in [2.24, 2.45) is 0 Å². The molecule has 0 N–H and O–H groups in total. The summed E-state index contributed by atoms with van der Waals surface area (Å²) in [5, 5.41) is 0. The van der Waals surface area contributed by atoms with E-state index in [2.05, 4.69) is 32.3 Å². The first kappa shape index (κ1) is 9.70. The zero-order chi connectivity index (χ0) is 7.98. The van der Waals surface area contributed by atoms with Crippen LogP contribution in [0.3, 0.4) is 0 Å². The summed E-state index contributed by atoms with van der Waals surface area (Å²) in [5.41, 5.74) is 1.34. The maximum Gasteiger partial charge on any atom is 0.0189 e. The first-order valence-corrected chi connectivity index (χ1v) is 4.13. The van der Waals surface area contributed by atoms with E-state index in [1.54, 1.807) is 0 Å². The molecule has 10 heavy (non-hydrogen) atoms. The first-order chi connectivity index (χ1) is 4.74. The average Bonchev–Trinajstić information content (AvgIpc) is 1.99. The van der Waals surface area contributed by atoms with Crippen LogP contribution in [0.15, 0.2) is 12.2 Å². The number of rotatable bonds is 5. The molecule has 1 heteroatoms. The molecule has 0 aliphatic rings. The minimum Gasteiger partial charge on any atom is -0.300 e. The Morgan fingerprint density at radius 2 is 1.70 bits per heavy atom. The third-order valence-corrected chi connectivity index (χ3v) is 1.84. The van der Waals surface area contributed by atoms with Gasteiger partial charge >= 0.3 is 0 Å². The topological polar surface area (TPSA) is 3.24 Å². The summed E-state index contributed by atoms with van der Waals surface area (Å²) >= 11 is 0. The molecular weight excluding hydrogens is 122 g/mol. The van der Waals surface area contributed by atoms with Crippen LogP contribution in [-0.4, -0.2) is 24.5 Å². The molecule has 60 valence electrons. The number of likely N-dealkylation sites (N-methyl/N-ethyl adjacent to an activating group) is 1. The highest BCUT2D eigenvalue weighted by atomic mass is 15.1. The van der Waals surface area contributed by atoms with Crippen LogP contribution in [0.25, 0.3) is 0 Å². The molecule has 0 saturated carbocycles. The number of nitrogens with zero attached hydrogens (tertiary/aromatic N) is 1. The second kappa shape index (κ2) is 5.48. The molecule has 1 nitrogen and oxygen atoms in total. The van der Waals surface area contributed by atoms with E-state index < -0.39 is 0 Å². The maximum absolute atomic E-state index is 3.97. The van der Waals surface area contributed by atoms with E-state index in [1.807, 2.05) is 0 Å². The zero-order valence-corrected chi connectivity index (χ0v) is 7.48. The highest BCUT2D eigenvalue weighted by molar-refractivity contribution is 4.95. The second-order valence-corrected chi connectivity index (χ2v) is 2.56. The Morgan fingerprint density at radius 3 is 2.00 bits per heavy atom. The van der Waals surface area contributed by atoms with Crippen molar-refractivity contribution in [3.8, 4) is 0 Å². The minimum atomic E-state index is 1.07. The van der Waals surface area contributed by atoms with Gasteiger partial charge in [-0.05, 0) is 19.5 Å². The van der Waals surface area contributed by atoms with E-state index >= 15 is 0 Å². The van der Waals surface area contributed by atoms with Gasteiger partial charge in [-0.25, -0.2) is 0 Å². The van der Waals surface area contributed by atoms with Gasteiger partial charge in [0.15, 0.2) is 0 Å². The van der Waals surface area contributed by atoms with Crippen LogP contribution in [0.2, 0.25) is 0 Å². The molecule has 0 rings (SSSR count). The van der Waals surface area contributed by atoms with Crippen molar-refractivity contribution in [1.29, 1.82) is 0 Å². The molecule has 0 aliphatic heterocycles. The molecule has 0 aromatic carbocycles. The van der Waals surface area contributed by atoms with Crippen molar-refractivity contribution in [2.75, 3.05) is 19.6 Å². The Labute approximate surface area is 64.7 Å². The standard InChI is InChI=1S/C9H19N/c1-5-9(4)8-10(6-2)7-3/h4-8H2,1-3H3. The van der Waals surface area contributed by atoms with Gasteiger partial charge in [-0.1, -0.05) is 32.9 Å². The van der Waals surface area contributed by atoms with Gasteiger partial charge in [0.25, 0.3) is 0 Å². The molecular formula is C9H19N. The molecule has 0 amide bonds. The zero-order valence-electron chi connectivity index (χ0n) is 7.48. The molecule has 0 fully saturated rings. The van der Waals surface area contributed by atoms with Gasteiger partial charge in [-0.3, -0.25) is 4.90 Å². The lowest BCUT2D eigenvalue weighted by molar-refractivity contribution is 0.328. The van der Waals surface area contributed by atoms with Crippen LogP contribution in [0.5, 0.6) is 0 Å². The highest BCUT2D eigenvalue weighted by Gasteiger charge is 1.98. The van der Waals surface area contributed by atoms with Crippen molar-refractivity contribution < 1.29 is 0 Å². The van der Waals surface area contributed by atoms with Gasteiger partial charge in [0.2, 0.25) is 0 Å². The summed E-state index contributed by atoms with van der Waals surface area (Å²) in [7, 11) is 0. The predicted octanol–water partition coefficient (Wildman–Crippen LogP) is 2.29. The van der Waals surface area contributed by atoms with Gasteiger partial charge in [0.05, 0.1) is 0 Å². The van der Waals surface area contributed by atoms with Crippen molar-refractivity contribution in [1.82, 2.24) is 4.90 Å². The fourth-order valence-electron chi connectivity index (χ4n) is 0.875. The van der Waals surface area contributed by atoms with E-state index in [9.17, 15) is 0 Å². The summed E-state index contributed by atoms with van der Waals surface area (Å²) in [4.78, 5) is 2.38. The highest BCUT2D eigenvalue weighted by Crippen LogP contribution is 1.99. The van der Waals surface area contributed by atoms with Crippen molar-refractivity contribution in [2.45, 2.75) is 27.2 Å². The summed E-state index contributed by atoms with van der Waals surface area (Å²) < 4.78 is 0. The lowest BCUT2D eigenvalue weighted by Crippen LogP contribution is -2.24. The van der Waals surface area contributed by atoms with Gasteiger partial charge in [-0.2, -0.15) is 0 Å². The molecule has 0 atom stereocenters. The van der Waals surface area contributed by atoms with Gasteiger partial charge in [0, 0.05) is 6.54 Å². The molecule has 0 spiro atoms. The lowest BCUT2D eigenvalue weighted by atomic mass is 10.2. The van der Waals surface area contributed by atoms with Crippen LogP contribution >= 0.6 is 0 Å². The van der Waals surface area contributed by atoms with Crippen LogP contribution in [0.1, 0.15) is 27.2 Å². The monoisotopic (exact) mass is 141 g/mol. The van der Waals surface area contributed by atoms with E-state index in [-0.39, 0.29) is 0 Å². The Morgan fingerprint density at radius 1 is 1.20 bits per heavy atom. The van der Waals surface area contributed by atoms with Gasteiger partial charge in [0.1, 0.15) is 0 Å². The molecule has 0 unspecified atom stereocenters. The fourth-order valence-corrected chi connectivity index (χ4v) is 0.875. The lowest BCUT2D eigenvalue weighted by Gasteiger charge is -2.18. The van der Waals surface area contributed by atoms with Crippen LogP contribution in [-0.2, 0) is 0 Å². The molecule has 0 heterocycles. The molecule has 0 saturated heterocycles. The Balaban J connectivity index is 3.52. The summed E-state index contributed by atoms with van der Waals surface area (Å²) in [6.07, 6.45) is 1.11. The van der Waals surface area contributed by atoms with Crippen molar-refractivity contribution in [3.05, 3.63) is 12.2 Å². The van der Waals surface area contributed by atoms with Crippen LogP contribution < -0.4 is 0 Å². The minimum absolute atomic E-state index is 1.07. The Kier molecular flexibility index (Phi) is 5.32. The van der Waals surface area contributed by atoms with Crippen molar-refractivity contribution in [3.63, 3.8) is 0 Å². The Bertz CT molecular complexity index is 92.9. The predicted molar refractivity (Wildman–Crippen MR) is 47.2 cm³/mol. The second-order valence-electron chi connectivity index (χ2n) is 2.56. The smallest absolute Gasteiger partial charge is 0.0189 e. The summed E-state index contributed by atoms with van der Waals surface area (Å²) in [6.45, 7) is 13.8. The van der Waals surface area contributed by atoms with E-state index in [4.69, 9.17) is 0 Å². The third-order valence-electron chi connectivity index (χ3n) is 1.84. The molecule has 0 radical (unpaired) electrons. The first-order valence-electron chi connectivity index (χ1n) is 4.13. The maximum atomic E-state index is 3.97. The largest absolute Gasteiger partial charge is 0.300 e. The third kappa shape index (κ3) is 3.67. The van der Waals surface area contributed by atoms with Gasteiger partial charge in [-0.15, -0.1) is 0 Å². The average molecular weight is 141 g/mol. The molecule has 0 aromatic heterocycles. The summed E-state index contributed by atoms with van der Waals surface area (Å²) in [5.74, 6) is 0. The quantitative estimate of drug-likeness (QED) is 0.531. The molecule has 0 aliphatic carbocycles. The Hall–Kier alpha value is -0.300. The van der Waals surface area contributed by atoms with Crippen molar-refractivity contribution >= 4 is 0 Å². The molecule has 0 bridgehead atoms. The number of hydrogen-bond donors (Lipinski definition) is 0. The molecule has 0 aromatic rings. The SMILES string of the molecule is C=C(CC)CN(CC)CC. The van der Waals surface area contributed by atoms with Crippen LogP contribution in [0, 0.1) is 0 Å². The normalized spacial score (nSPS) is 10.4.